The highest BCUT2D eigenvalue weighted by Gasteiger charge is 2.48. The molecule has 1 aliphatic heterocycles. The smallest absolute Gasteiger partial charge is 0.301 e. The minimum Gasteiger partial charge on any atom is -0.507 e. The summed E-state index contributed by atoms with van der Waals surface area (Å²) in [6, 6.07) is 14.5. The second-order valence-electron chi connectivity index (χ2n) is 7.72. The molecule has 1 amide bonds. The number of aliphatic hydroxyl groups is 1. The Morgan fingerprint density at radius 3 is 2.59 bits per heavy atom. The van der Waals surface area contributed by atoms with E-state index in [-0.39, 0.29) is 11.3 Å². The molecule has 2 aromatic carbocycles. The standard InChI is InChI=1S/C25H18ClN3O4S/c1-13-11-19-18(12-16(13)26)28-25(34-19)29-21(17-5-3-4-10-27-17)20(23(31)24(29)32)22(30)14-6-8-15(33-2)9-7-14/h3-12,21,30H,1-2H3/b22-20+. The average Bonchev–Trinajstić information content (AvgIpc) is 3.37. The molecular formula is C25H18ClN3O4S. The third-order valence-electron chi connectivity index (χ3n) is 5.64. The van der Waals surface area contributed by atoms with E-state index in [0.29, 0.717) is 32.7 Å². The second-order valence-corrected chi connectivity index (χ2v) is 9.13. The fourth-order valence-electron chi connectivity index (χ4n) is 3.89. The molecule has 1 saturated heterocycles. The highest BCUT2D eigenvalue weighted by Crippen LogP contribution is 2.44. The lowest BCUT2D eigenvalue weighted by atomic mass is 9.98. The van der Waals surface area contributed by atoms with Gasteiger partial charge in [-0.3, -0.25) is 19.5 Å². The van der Waals surface area contributed by atoms with Gasteiger partial charge < -0.3 is 9.84 Å². The number of ketones is 1. The number of hydrogen-bond acceptors (Lipinski definition) is 7. The summed E-state index contributed by atoms with van der Waals surface area (Å²) in [7, 11) is 1.54. The van der Waals surface area contributed by atoms with Gasteiger partial charge in [0.1, 0.15) is 17.6 Å². The summed E-state index contributed by atoms with van der Waals surface area (Å²) >= 11 is 7.53. The van der Waals surface area contributed by atoms with Gasteiger partial charge in [-0.15, -0.1) is 0 Å². The monoisotopic (exact) mass is 491 g/mol. The van der Waals surface area contributed by atoms with Crippen molar-refractivity contribution in [1.29, 1.82) is 0 Å². The number of anilines is 1. The minimum absolute atomic E-state index is 0.0534. The lowest BCUT2D eigenvalue weighted by molar-refractivity contribution is -0.132. The van der Waals surface area contributed by atoms with Gasteiger partial charge in [0.05, 0.1) is 28.6 Å². The van der Waals surface area contributed by atoms with Crippen LogP contribution in [-0.2, 0) is 9.59 Å². The van der Waals surface area contributed by atoms with Gasteiger partial charge in [0.2, 0.25) is 0 Å². The zero-order valence-corrected chi connectivity index (χ0v) is 19.7. The van der Waals surface area contributed by atoms with E-state index in [4.69, 9.17) is 16.3 Å². The normalized spacial score (nSPS) is 17.5. The van der Waals surface area contributed by atoms with Crippen molar-refractivity contribution in [3.8, 4) is 5.75 Å². The van der Waals surface area contributed by atoms with Gasteiger partial charge in [-0.25, -0.2) is 4.98 Å². The first-order valence-corrected chi connectivity index (χ1v) is 11.5. The van der Waals surface area contributed by atoms with Crippen molar-refractivity contribution < 1.29 is 19.4 Å². The average molecular weight is 492 g/mol. The summed E-state index contributed by atoms with van der Waals surface area (Å²) in [5.41, 5.74) is 2.26. The number of benzene rings is 2. The number of ether oxygens (including phenoxy) is 1. The number of methoxy groups -OCH3 is 1. The molecule has 34 heavy (non-hydrogen) atoms. The molecule has 4 aromatic rings. The van der Waals surface area contributed by atoms with E-state index in [1.807, 2.05) is 13.0 Å². The number of carbonyl (C=O) groups excluding carboxylic acids is 2. The maximum Gasteiger partial charge on any atom is 0.301 e. The van der Waals surface area contributed by atoms with Crippen molar-refractivity contribution in [2.24, 2.45) is 0 Å². The molecule has 9 heteroatoms. The Balaban J connectivity index is 1.70. The number of amides is 1. The lowest BCUT2D eigenvalue weighted by Crippen LogP contribution is -2.29. The van der Waals surface area contributed by atoms with Gasteiger partial charge in [0, 0.05) is 16.8 Å². The number of aromatic nitrogens is 2. The van der Waals surface area contributed by atoms with Crippen molar-refractivity contribution in [1.82, 2.24) is 9.97 Å². The molecule has 5 rings (SSSR count). The van der Waals surface area contributed by atoms with Crippen molar-refractivity contribution in [2.45, 2.75) is 13.0 Å². The summed E-state index contributed by atoms with van der Waals surface area (Å²) in [5, 5.41) is 12.0. The molecule has 170 valence electrons. The Hall–Kier alpha value is -3.75. The summed E-state index contributed by atoms with van der Waals surface area (Å²) < 4.78 is 6.00. The molecular weight excluding hydrogens is 474 g/mol. The molecule has 3 heterocycles. The summed E-state index contributed by atoms with van der Waals surface area (Å²) in [5.74, 6) is -1.29. The van der Waals surface area contributed by atoms with Crippen molar-refractivity contribution in [3.05, 3.63) is 88.2 Å². The van der Waals surface area contributed by atoms with Crippen molar-refractivity contribution >= 4 is 55.7 Å². The van der Waals surface area contributed by atoms with Crippen LogP contribution in [0.2, 0.25) is 5.02 Å². The van der Waals surface area contributed by atoms with Crippen LogP contribution in [-0.4, -0.2) is 33.9 Å². The number of thiazole rings is 1. The van der Waals surface area contributed by atoms with E-state index in [1.165, 1.54) is 23.3 Å². The Morgan fingerprint density at radius 2 is 1.91 bits per heavy atom. The molecule has 7 nitrogen and oxygen atoms in total. The van der Waals surface area contributed by atoms with Crippen LogP contribution in [0.3, 0.4) is 0 Å². The number of aryl methyl sites for hydroxylation is 1. The van der Waals surface area contributed by atoms with E-state index >= 15 is 0 Å². The maximum atomic E-state index is 13.3. The fourth-order valence-corrected chi connectivity index (χ4v) is 5.12. The molecule has 1 atom stereocenters. The third-order valence-corrected chi connectivity index (χ3v) is 7.06. The van der Waals surface area contributed by atoms with Crippen molar-refractivity contribution in [2.75, 3.05) is 12.0 Å². The minimum atomic E-state index is -0.944. The van der Waals surface area contributed by atoms with E-state index in [2.05, 4.69) is 9.97 Å². The summed E-state index contributed by atoms with van der Waals surface area (Å²) in [4.78, 5) is 36.8. The van der Waals surface area contributed by atoms with Gasteiger partial charge in [-0.1, -0.05) is 29.0 Å². The first-order chi connectivity index (χ1) is 16.4. The predicted molar refractivity (Wildman–Crippen MR) is 131 cm³/mol. The van der Waals surface area contributed by atoms with E-state index < -0.39 is 17.7 Å². The molecule has 1 unspecified atom stereocenters. The number of aliphatic hydroxyl groups excluding tert-OH is 1. The second kappa shape index (κ2) is 8.55. The molecule has 1 N–H and O–H groups in total. The highest BCUT2D eigenvalue weighted by molar-refractivity contribution is 7.22. The molecule has 0 radical (unpaired) electrons. The maximum absolute atomic E-state index is 13.3. The lowest BCUT2D eigenvalue weighted by Gasteiger charge is -2.21. The third kappa shape index (κ3) is 3.61. The van der Waals surface area contributed by atoms with Crippen LogP contribution in [0, 0.1) is 6.92 Å². The SMILES string of the molecule is COc1ccc(/C(O)=C2\C(=O)C(=O)N(c3nc4cc(Cl)c(C)cc4s3)C2c2ccccn2)cc1. The van der Waals surface area contributed by atoms with Crippen molar-refractivity contribution in [3.63, 3.8) is 0 Å². The molecule has 1 fully saturated rings. The highest BCUT2D eigenvalue weighted by atomic mass is 35.5. The van der Waals surface area contributed by atoms with Gasteiger partial charge in [0.15, 0.2) is 5.13 Å². The molecule has 1 aliphatic rings. The number of halogens is 1. The van der Waals surface area contributed by atoms with E-state index in [1.54, 1.807) is 54.7 Å². The number of rotatable bonds is 4. The summed E-state index contributed by atoms with van der Waals surface area (Å²) in [6.45, 7) is 1.89. The quantitative estimate of drug-likeness (QED) is 0.237. The van der Waals surface area contributed by atoms with E-state index in [0.717, 1.165) is 10.3 Å². The Morgan fingerprint density at radius 1 is 1.15 bits per heavy atom. The van der Waals surface area contributed by atoms with E-state index in [9.17, 15) is 14.7 Å². The van der Waals surface area contributed by atoms with Crippen LogP contribution >= 0.6 is 22.9 Å². The molecule has 0 saturated carbocycles. The zero-order chi connectivity index (χ0) is 24.0. The van der Waals surface area contributed by atoms with Crippen LogP contribution in [0.4, 0.5) is 5.13 Å². The fraction of sp³-hybridized carbons (Fsp3) is 0.120. The van der Waals surface area contributed by atoms with Gasteiger partial charge in [-0.05, 0) is 61.0 Å². The topological polar surface area (TPSA) is 92.6 Å². The van der Waals surface area contributed by atoms with Crippen LogP contribution in [0.5, 0.6) is 5.75 Å². The van der Waals surface area contributed by atoms with Crippen LogP contribution < -0.4 is 9.64 Å². The van der Waals surface area contributed by atoms with Crippen LogP contribution in [0.1, 0.15) is 22.9 Å². The van der Waals surface area contributed by atoms with Gasteiger partial charge >= 0.3 is 5.91 Å². The number of carbonyl (C=O) groups is 2. The van der Waals surface area contributed by atoms with Gasteiger partial charge in [-0.2, -0.15) is 0 Å². The number of fused-ring (bicyclic) bond motifs is 1. The number of hydrogen-bond donors (Lipinski definition) is 1. The Kier molecular flexibility index (Phi) is 5.55. The Labute approximate surface area is 203 Å². The summed E-state index contributed by atoms with van der Waals surface area (Å²) in [6.07, 6.45) is 1.57. The number of Topliss-reactive ketones (excluding diaryl/α,β-unsaturated/α-hetero) is 1. The first-order valence-electron chi connectivity index (χ1n) is 10.3. The Bertz CT molecular complexity index is 1430. The molecule has 0 aliphatic carbocycles. The van der Waals surface area contributed by atoms with Crippen LogP contribution in [0.25, 0.3) is 16.0 Å². The molecule has 2 aromatic heterocycles. The first kappa shape index (κ1) is 22.1. The largest absolute Gasteiger partial charge is 0.507 e. The predicted octanol–water partition coefficient (Wildman–Crippen LogP) is 5.29. The molecule has 0 spiro atoms. The molecule has 0 bridgehead atoms. The number of nitrogens with zero attached hydrogens (tertiary/aromatic N) is 3. The number of pyridine rings is 1. The zero-order valence-electron chi connectivity index (χ0n) is 18.2. The van der Waals surface area contributed by atoms with Gasteiger partial charge in [0.25, 0.3) is 5.78 Å². The van der Waals surface area contributed by atoms with Crippen LogP contribution in [0.15, 0.2) is 66.4 Å².